The van der Waals surface area contributed by atoms with Gasteiger partial charge in [-0.25, -0.2) is 8.42 Å². The number of carbonyl (C=O) groups excluding carboxylic acids is 1. The lowest BCUT2D eigenvalue weighted by atomic mass is 10.0. The lowest BCUT2D eigenvalue weighted by Crippen LogP contribution is -2.35. The molecule has 0 spiro atoms. The van der Waals surface area contributed by atoms with Crippen LogP contribution in [0.3, 0.4) is 0 Å². The molecule has 0 unspecified atom stereocenters. The number of aryl methyl sites for hydroxylation is 2. The highest BCUT2D eigenvalue weighted by atomic mass is 32.2. The van der Waals surface area contributed by atoms with Gasteiger partial charge in [0.25, 0.3) is 15.9 Å². The van der Waals surface area contributed by atoms with Gasteiger partial charge in [0.2, 0.25) is 0 Å². The molecule has 1 aromatic heterocycles. The molecule has 150 valence electrons. The van der Waals surface area contributed by atoms with Crippen LogP contribution in [0.15, 0.2) is 64.1 Å². The minimum atomic E-state index is -3.75. The van der Waals surface area contributed by atoms with Crippen LogP contribution in [0.4, 0.5) is 11.4 Å². The Morgan fingerprint density at radius 3 is 2.69 bits per heavy atom. The molecule has 0 saturated carbocycles. The summed E-state index contributed by atoms with van der Waals surface area (Å²) in [7, 11) is -3.75. The molecule has 0 atom stereocenters. The van der Waals surface area contributed by atoms with E-state index >= 15 is 0 Å². The molecule has 7 heteroatoms. The molecule has 0 fully saturated rings. The highest BCUT2D eigenvalue weighted by molar-refractivity contribution is 7.92. The van der Waals surface area contributed by atoms with Gasteiger partial charge in [-0.15, -0.1) is 0 Å². The number of furan rings is 1. The van der Waals surface area contributed by atoms with Gasteiger partial charge in [-0.3, -0.25) is 9.52 Å². The van der Waals surface area contributed by atoms with Gasteiger partial charge in [-0.1, -0.05) is 18.2 Å². The second-order valence-electron chi connectivity index (χ2n) is 7.18. The minimum Gasteiger partial charge on any atom is -0.459 e. The fraction of sp³-hybridized carbons (Fsp3) is 0.227. The number of hydrogen-bond donors (Lipinski definition) is 1. The van der Waals surface area contributed by atoms with Crippen molar-refractivity contribution in [1.82, 2.24) is 0 Å². The van der Waals surface area contributed by atoms with E-state index in [0.717, 1.165) is 24.0 Å². The van der Waals surface area contributed by atoms with E-state index in [9.17, 15) is 13.2 Å². The van der Waals surface area contributed by atoms with Crippen LogP contribution in [-0.4, -0.2) is 20.9 Å². The summed E-state index contributed by atoms with van der Waals surface area (Å²) in [5.74, 6) is 0.0321. The maximum atomic E-state index is 12.9. The first-order chi connectivity index (χ1) is 13.9. The van der Waals surface area contributed by atoms with Crippen molar-refractivity contribution in [3.8, 4) is 0 Å². The third kappa shape index (κ3) is 3.65. The highest BCUT2D eigenvalue weighted by Gasteiger charge is 2.26. The van der Waals surface area contributed by atoms with E-state index in [2.05, 4.69) is 4.72 Å². The van der Waals surface area contributed by atoms with Crippen molar-refractivity contribution < 1.29 is 17.6 Å². The van der Waals surface area contributed by atoms with E-state index in [0.29, 0.717) is 23.5 Å². The first-order valence-electron chi connectivity index (χ1n) is 9.44. The second-order valence-corrected chi connectivity index (χ2v) is 8.84. The molecular formula is C22H22N2O4S. The van der Waals surface area contributed by atoms with Crippen LogP contribution in [0.5, 0.6) is 0 Å². The van der Waals surface area contributed by atoms with Gasteiger partial charge in [0.1, 0.15) is 0 Å². The molecule has 2 aromatic carbocycles. The lowest BCUT2D eigenvalue weighted by Gasteiger charge is -2.29. The monoisotopic (exact) mass is 410 g/mol. The van der Waals surface area contributed by atoms with Gasteiger partial charge in [0, 0.05) is 12.2 Å². The summed E-state index contributed by atoms with van der Waals surface area (Å²) in [4.78, 5) is 14.7. The Hall–Kier alpha value is -3.06. The highest BCUT2D eigenvalue weighted by Crippen LogP contribution is 2.32. The second kappa shape index (κ2) is 7.40. The van der Waals surface area contributed by atoms with Crippen molar-refractivity contribution in [3.63, 3.8) is 0 Å². The summed E-state index contributed by atoms with van der Waals surface area (Å²) in [5, 5.41) is 0. The number of fused-ring (bicyclic) bond motifs is 1. The summed E-state index contributed by atoms with van der Waals surface area (Å²) < 4.78 is 33.8. The normalized spacial score (nSPS) is 13.8. The van der Waals surface area contributed by atoms with Gasteiger partial charge in [0.15, 0.2) is 5.76 Å². The third-order valence-electron chi connectivity index (χ3n) is 5.28. The van der Waals surface area contributed by atoms with E-state index in [4.69, 9.17) is 4.42 Å². The number of carbonyl (C=O) groups is 1. The number of rotatable bonds is 4. The van der Waals surface area contributed by atoms with Crippen LogP contribution in [0, 0.1) is 13.8 Å². The first kappa shape index (κ1) is 19.3. The van der Waals surface area contributed by atoms with Crippen molar-refractivity contribution >= 4 is 27.3 Å². The van der Waals surface area contributed by atoms with Crippen molar-refractivity contribution in [2.75, 3.05) is 16.2 Å². The average molecular weight is 410 g/mol. The molecule has 1 amide bonds. The molecule has 6 nitrogen and oxygen atoms in total. The Kier molecular flexibility index (Phi) is 4.92. The maximum absolute atomic E-state index is 12.9. The molecule has 0 radical (unpaired) electrons. The van der Waals surface area contributed by atoms with E-state index < -0.39 is 10.0 Å². The van der Waals surface area contributed by atoms with E-state index in [1.807, 2.05) is 19.1 Å². The van der Waals surface area contributed by atoms with Crippen molar-refractivity contribution in [1.29, 1.82) is 0 Å². The molecule has 0 aliphatic carbocycles. The van der Waals surface area contributed by atoms with Crippen LogP contribution in [0.2, 0.25) is 0 Å². The Morgan fingerprint density at radius 1 is 1.10 bits per heavy atom. The topological polar surface area (TPSA) is 79.6 Å². The number of benzene rings is 2. The van der Waals surface area contributed by atoms with E-state index in [1.165, 1.54) is 6.26 Å². The van der Waals surface area contributed by atoms with Crippen molar-refractivity contribution in [3.05, 3.63) is 77.2 Å². The summed E-state index contributed by atoms with van der Waals surface area (Å²) in [6.07, 6.45) is 3.14. The minimum absolute atomic E-state index is 0.231. The van der Waals surface area contributed by atoms with E-state index in [-0.39, 0.29) is 16.6 Å². The van der Waals surface area contributed by atoms with Crippen molar-refractivity contribution in [2.24, 2.45) is 0 Å². The smallest absolute Gasteiger partial charge is 0.293 e. The standard InChI is InChI=1S/C22H22N2O4S/c1-15-6-3-9-21(16(15)2)29(26,27)23-18-11-10-17-7-4-12-24(19(17)14-18)22(25)20-8-5-13-28-20/h3,5-6,8-11,13-14,23H,4,7,12H2,1-2H3. The van der Waals surface area contributed by atoms with Gasteiger partial charge in [0.05, 0.1) is 16.8 Å². The number of sulfonamides is 1. The molecule has 0 saturated heterocycles. The van der Waals surface area contributed by atoms with Crippen LogP contribution in [0.25, 0.3) is 0 Å². The molecule has 29 heavy (non-hydrogen) atoms. The Balaban J connectivity index is 1.68. The zero-order valence-electron chi connectivity index (χ0n) is 16.3. The fourth-order valence-corrected chi connectivity index (χ4v) is 4.98. The molecule has 0 bridgehead atoms. The van der Waals surface area contributed by atoms with Gasteiger partial charge in [-0.2, -0.15) is 0 Å². The van der Waals surface area contributed by atoms with E-state index in [1.54, 1.807) is 48.2 Å². The molecule has 4 rings (SSSR count). The molecule has 1 N–H and O–H groups in total. The molecular weight excluding hydrogens is 388 g/mol. The zero-order valence-corrected chi connectivity index (χ0v) is 17.1. The van der Waals surface area contributed by atoms with Crippen LogP contribution >= 0.6 is 0 Å². The summed E-state index contributed by atoms with van der Waals surface area (Å²) in [5.41, 5.74) is 3.76. The summed E-state index contributed by atoms with van der Waals surface area (Å²) in [6.45, 7) is 4.23. The first-order valence-corrected chi connectivity index (χ1v) is 10.9. The zero-order chi connectivity index (χ0) is 20.6. The quantitative estimate of drug-likeness (QED) is 0.696. The third-order valence-corrected chi connectivity index (χ3v) is 6.80. The molecule has 2 heterocycles. The van der Waals surface area contributed by atoms with Crippen LogP contribution < -0.4 is 9.62 Å². The summed E-state index contributed by atoms with van der Waals surface area (Å²) >= 11 is 0. The number of anilines is 2. The SMILES string of the molecule is Cc1cccc(S(=O)(=O)Nc2ccc3c(c2)N(C(=O)c2ccco2)CCC3)c1C. The molecule has 1 aliphatic heterocycles. The van der Waals surface area contributed by atoms with Crippen molar-refractivity contribution in [2.45, 2.75) is 31.6 Å². The number of nitrogens with zero attached hydrogens (tertiary/aromatic N) is 1. The number of nitrogens with one attached hydrogen (secondary N) is 1. The lowest BCUT2D eigenvalue weighted by molar-refractivity contribution is 0.0958. The predicted molar refractivity (Wildman–Crippen MR) is 112 cm³/mol. The molecule has 1 aliphatic rings. The summed E-state index contributed by atoms with van der Waals surface area (Å²) in [6, 6.07) is 13.8. The van der Waals surface area contributed by atoms with Gasteiger partial charge in [-0.05, 0) is 73.7 Å². The number of hydrogen-bond acceptors (Lipinski definition) is 4. The Morgan fingerprint density at radius 2 is 1.93 bits per heavy atom. The number of amides is 1. The van der Waals surface area contributed by atoms with Crippen LogP contribution in [0.1, 0.15) is 33.7 Å². The Bertz CT molecular complexity index is 1170. The largest absolute Gasteiger partial charge is 0.459 e. The molecule has 3 aromatic rings. The Labute approximate surface area is 170 Å². The van der Waals surface area contributed by atoms with Crippen LogP contribution in [-0.2, 0) is 16.4 Å². The van der Waals surface area contributed by atoms with Gasteiger partial charge < -0.3 is 9.32 Å². The maximum Gasteiger partial charge on any atom is 0.293 e. The van der Waals surface area contributed by atoms with Gasteiger partial charge >= 0.3 is 0 Å². The predicted octanol–water partition coefficient (Wildman–Crippen LogP) is 4.29. The fourth-order valence-electron chi connectivity index (χ4n) is 3.61. The average Bonchev–Trinajstić information content (AvgIpc) is 3.23.